The molecule has 0 saturated heterocycles. The van der Waals surface area contributed by atoms with E-state index in [-0.39, 0.29) is 59.3 Å². The van der Waals surface area contributed by atoms with Crippen molar-refractivity contribution in [3.8, 4) is 5.75 Å². The van der Waals surface area contributed by atoms with E-state index in [4.69, 9.17) is 27.9 Å². The van der Waals surface area contributed by atoms with Crippen molar-refractivity contribution >= 4 is 48.3 Å². The molecule has 1 unspecified atom stereocenters. The van der Waals surface area contributed by atoms with Gasteiger partial charge in [-0.05, 0) is 19.4 Å². The number of nitrogens with one attached hydrogen (secondary N) is 1. The molecule has 0 aromatic heterocycles. The highest BCUT2D eigenvalue weighted by Crippen LogP contribution is 2.39. The highest BCUT2D eigenvalue weighted by molar-refractivity contribution is 6.43. The molecule has 1 amide bonds. The molecule has 2 rings (SSSR count). The van der Waals surface area contributed by atoms with Gasteiger partial charge in [0.15, 0.2) is 0 Å². The minimum Gasteiger partial charge on any atom is -0.561 e. The Balaban J connectivity index is 2.16. The fraction of sp³-hybridized carbons (Fsp3) is 0.357. The fourth-order valence-corrected chi connectivity index (χ4v) is 2.78. The van der Waals surface area contributed by atoms with Crippen LogP contribution in [0.15, 0.2) is 6.07 Å². The normalized spacial score (nSPS) is 15.9. The first kappa shape index (κ1) is 17.6. The number of carboxylic acids is 1. The van der Waals surface area contributed by atoms with Crippen LogP contribution in [0, 0.1) is 0 Å². The molecule has 1 aliphatic rings. The van der Waals surface area contributed by atoms with Crippen LogP contribution < -0.4 is 9.97 Å². The van der Waals surface area contributed by atoms with Crippen molar-refractivity contribution in [2.24, 2.45) is 0 Å². The van der Waals surface area contributed by atoms with Crippen molar-refractivity contribution in [3.63, 3.8) is 0 Å². The predicted octanol–water partition coefficient (Wildman–Crippen LogP) is 1.79. The molecule has 2 N–H and O–H groups in total. The topological polar surface area (TPSA) is 92.7 Å². The van der Waals surface area contributed by atoms with Gasteiger partial charge in [0.2, 0.25) is 5.91 Å². The summed E-state index contributed by atoms with van der Waals surface area (Å²) < 4.78 is 5.49. The quantitative estimate of drug-likeness (QED) is 0.783. The molecule has 1 heterocycles. The molecule has 1 aliphatic heterocycles. The number of ketones is 1. The van der Waals surface area contributed by atoms with Crippen LogP contribution in [0.1, 0.15) is 35.7 Å². The van der Waals surface area contributed by atoms with Gasteiger partial charge in [-0.3, -0.25) is 4.79 Å². The van der Waals surface area contributed by atoms with Crippen LogP contribution in [0.2, 0.25) is 10.0 Å². The van der Waals surface area contributed by atoms with Gasteiger partial charge in [0.05, 0.1) is 10.0 Å². The molecule has 1 aromatic carbocycles. The van der Waals surface area contributed by atoms with Crippen LogP contribution in [0.3, 0.4) is 0 Å². The molecule has 122 valence electrons. The molecule has 0 saturated carbocycles. The summed E-state index contributed by atoms with van der Waals surface area (Å²) >= 11 is 12.1. The number of aromatic carboxylic acids is 1. The molecule has 0 spiro atoms. The second-order valence-electron chi connectivity index (χ2n) is 5.31. The number of amides is 1. The number of fused-ring (bicyclic) bond motifs is 1. The number of carboxylic acid groups (broad SMARTS) is 1. The van der Waals surface area contributed by atoms with E-state index in [1.165, 1.54) is 13.0 Å². The van der Waals surface area contributed by atoms with E-state index in [1.54, 1.807) is 0 Å². The third-order valence-electron chi connectivity index (χ3n) is 3.44. The Morgan fingerprint density at radius 1 is 1.39 bits per heavy atom. The number of carbonyl (C=O) groups is 3. The summed E-state index contributed by atoms with van der Waals surface area (Å²) in [5, 5.41) is 12.3. The average molecular weight is 358 g/mol. The molecule has 23 heavy (non-hydrogen) atoms. The summed E-state index contributed by atoms with van der Waals surface area (Å²) in [5.41, 5.74) is 0.399. The highest BCUT2D eigenvalue weighted by atomic mass is 35.5. The third-order valence-corrected chi connectivity index (χ3v) is 4.27. The Morgan fingerprint density at radius 2 is 2.09 bits per heavy atom. The van der Waals surface area contributed by atoms with Crippen molar-refractivity contribution in [1.29, 1.82) is 0 Å². The molecule has 9 heteroatoms. The number of rotatable bonds is 5. The van der Waals surface area contributed by atoms with E-state index in [0.29, 0.717) is 12.0 Å². The third kappa shape index (κ3) is 4.17. The lowest BCUT2D eigenvalue weighted by Crippen LogP contribution is -2.45. The van der Waals surface area contributed by atoms with Crippen LogP contribution in [0.25, 0.3) is 0 Å². The molecule has 6 nitrogen and oxygen atoms in total. The van der Waals surface area contributed by atoms with Crippen molar-refractivity contribution in [3.05, 3.63) is 27.2 Å². The lowest BCUT2D eigenvalue weighted by molar-refractivity contribution is -0.124. The molecule has 1 atom stereocenters. The summed E-state index contributed by atoms with van der Waals surface area (Å²) in [6.07, 6.45) is 0.578. The summed E-state index contributed by atoms with van der Waals surface area (Å²) in [6.45, 7) is 1.42. The summed E-state index contributed by atoms with van der Waals surface area (Å²) in [5.74, 6) is -1.68. The molecule has 0 fully saturated rings. The zero-order valence-electron chi connectivity index (χ0n) is 12.3. The predicted molar refractivity (Wildman–Crippen MR) is 86.7 cm³/mol. The maximum Gasteiger partial charge on any atom is 0.363 e. The van der Waals surface area contributed by atoms with Crippen LogP contribution >= 0.6 is 23.2 Å². The van der Waals surface area contributed by atoms with E-state index >= 15 is 0 Å². The minimum atomic E-state index is -1.16. The van der Waals surface area contributed by atoms with E-state index < -0.39 is 5.97 Å². The Kier molecular flexibility index (Phi) is 5.54. The van der Waals surface area contributed by atoms with Crippen molar-refractivity contribution in [1.82, 2.24) is 5.32 Å². The van der Waals surface area contributed by atoms with E-state index in [2.05, 4.69) is 5.32 Å². The van der Waals surface area contributed by atoms with Crippen LogP contribution in [-0.4, -0.2) is 36.2 Å². The van der Waals surface area contributed by atoms with Gasteiger partial charge in [0.25, 0.3) is 0 Å². The number of benzene rings is 1. The molecule has 0 radical (unpaired) electrons. The average Bonchev–Trinajstić information content (AvgIpc) is 2.48. The number of halogens is 2. The van der Waals surface area contributed by atoms with Gasteiger partial charge in [-0.2, -0.15) is 0 Å². The van der Waals surface area contributed by atoms with Gasteiger partial charge >= 0.3 is 13.5 Å². The second-order valence-corrected chi connectivity index (χ2v) is 6.10. The first-order chi connectivity index (χ1) is 10.8. The monoisotopic (exact) mass is 357 g/mol. The van der Waals surface area contributed by atoms with Gasteiger partial charge in [0, 0.05) is 24.3 Å². The largest absolute Gasteiger partial charge is 0.561 e. The van der Waals surface area contributed by atoms with Crippen LogP contribution in [-0.2, 0) is 16.0 Å². The van der Waals surface area contributed by atoms with Crippen LogP contribution in [0.4, 0.5) is 0 Å². The smallest absolute Gasteiger partial charge is 0.363 e. The number of Topliss-reactive ketones (excluding diaryl/α,β-unsaturated/α-hetero) is 1. The SMILES string of the molecule is CC(=O)CCC(=O)NC1BOc2c(C(=O)O)cc(Cl)c(Cl)c2C1. The lowest BCUT2D eigenvalue weighted by atomic mass is 9.79. The standard InChI is InChI=1S/C14H14BCl2NO5/c1-6(19)2-3-11(20)18-10-5-7-12(17)9(16)4-8(14(21)22)13(7)23-15-10/h4,10,15H,2-3,5H2,1H3,(H,18,20)(H,21,22). The minimum absolute atomic E-state index is 0.0595. The first-order valence-corrected chi connectivity index (χ1v) is 7.71. The Bertz CT molecular complexity index is 680. The first-order valence-electron chi connectivity index (χ1n) is 6.95. The van der Waals surface area contributed by atoms with Crippen molar-refractivity contribution in [2.75, 3.05) is 0 Å². The van der Waals surface area contributed by atoms with Gasteiger partial charge in [-0.25, -0.2) is 4.79 Å². The zero-order chi connectivity index (χ0) is 17.1. The van der Waals surface area contributed by atoms with Gasteiger partial charge in [-0.1, -0.05) is 23.2 Å². The number of carbonyl (C=O) groups excluding carboxylic acids is 2. The molecular formula is C14H14BCl2NO5. The summed E-state index contributed by atoms with van der Waals surface area (Å²) in [4.78, 5) is 33.9. The van der Waals surface area contributed by atoms with E-state index in [9.17, 15) is 19.5 Å². The maximum absolute atomic E-state index is 11.8. The Labute approximate surface area is 143 Å². The molecule has 1 aromatic rings. The fourth-order valence-electron chi connectivity index (χ4n) is 2.34. The Morgan fingerprint density at radius 3 is 2.70 bits per heavy atom. The van der Waals surface area contributed by atoms with Crippen molar-refractivity contribution < 1.29 is 24.1 Å². The molecule has 0 bridgehead atoms. The molecule has 0 aliphatic carbocycles. The van der Waals surface area contributed by atoms with E-state index in [1.807, 2.05) is 0 Å². The molecular weight excluding hydrogens is 344 g/mol. The lowest BCUT2D eigenvalue weighted by Gasteiger charge is -2.27. The summed E-state index contributed by atoms with van der Waals surface area (Å²) in [6, 6.07) is 1.25. The Hall–Kier alpha value is -1.73. The maximum atomic E-state index is 11.8. The van der Waals surface area contributed by atoms with Gasteiger partial charge < -0.3 is 19.9 Å². The van der Waals surface area contributed by atoms with Gasteiger partial charge in [0.1, 0.15) is 17.1 Å². The number of hydrogen-bond acceptors (Lipinski definition) is 4. The highest BCUT2D eigenvalue weighted by Gasteiger charge is 2.30. The van der Waals surface area contributed by atoms with Crippen LogP contribution in [0.5, 0.6) is 5.75 Å². The van der Waals surface area contributed by atoms with Gasteiger partial charge in [-0.15, -0.1) is 0 Å². The van der Waals surface area contributed by atoms with E-state index in [0.717, 1.165) is 0 Å². The summed E-state index contributed by atoms with van der Waals surface area (Å²) in [7, 11) is 0.122. The second kappa shape index (κ2) is 7.23. The van der Waals surface area contributed by atoms with Crippen molar-refractivity contribution in [2.45, 2.75) is 32.1 Å². The zero-order valence-corrected chi connectivity index (χ0v) is 13.8. The number of hydrogen-bond donors (Lipinski definition) is 2.